The number of phenolic OH excluding ortho intramolecular Hbond substituents is 1. The minimum Gasteiger partial charge on any atom is -0.508 e. The Hall–Kier alpha value is -1.77. The van der Waals surface area contributed by atoms with E-state index in [0.717, 1.165) is 11.1 Å². The lowest BCUT2D eigenvalue weighted by Crippen LogP contribution is -2.01. The van der Waals surface area contributed by atoms with Gasteiger partial charge in [-0.25, -0.2) is 0 Å². The van der Waals surface area contributed by atoms with Crippen LogP contribution in [0.3, 0.4) is 0 Å². The van der Waals surface area contributed by atoms with Gasteiger partial charge in [0, 0.05) is 0 Å². The average Bonchev–Trinajstić information content (AvgIpc) is 2.22. The molecule has 86 valence electrons. The van der Waals surface area contributed by atoms with Gasteiger partial charge in [0.15, 0.2) is 0 Å². The van der Waals surface area contributed by atoms with Crippen molar-refractivity contribution in [3.8, 4) is 5.75 Å². The van der Waals surface area contributed by atoms with Gasteiger partial charge in [-0.1, -0.05) is 18.2 Å². The van der Waals surface area contributed by atoms with E-state index in [2.05, 4.69) is 0 Å². The first kappa shape index (κ1) is 12.3. The summed E-state index contributed by atoms with van der Waals surface area (Å²) in [6, 6.07) is 5.12. The molecule has 1 rings (SSSR count). The lowest BCUT2D eigenvalue weighted by atomic mass is 10.1. The fourth-order valence-electron chi connectivity index (χ4n) is 1.35. The fourth-order valence-corrected chi connectivity index (χ4v) is 1.35. The third kappa shape index (κ3) is 3.77. The number of carbonyl (C=O) groups is 1. The summed E-state index contributed by atoms with van der Waals surface area (Å²) in [5.41, 5.74) is 1.96. The standard InChI is InChI=1S/C13H16O3/c1-3-16-13(15)6-4-5-11-7-8-12(14)9-10(11)2/h4-5,7-9,14H,3,6H2,1-2H3. The first-order chi connectivity index (χ1) is 7.63. The highest BCUT2D eigenvalue weighted by molar-refractivity contribution is 5.72. The molecule has 1 N–H and O–H groups in total. The van der Waals surface area contributed by atoms with Gasteiger partial charge >= 0.3 is 5.97 Å². The summed E-state index contributed by atoms with van der Waals surface area (Å²) in [6.45, 7) is 4.10. The van der Waals surface area contributed by atoms with Crippen molar-refractivity contribution in [3.05, 3.63) is 35.4 Å². The maximum absolute atomic E-state index is 11.1. The van der Waals surface area contributed by atoms with E-state index in [9.17, 15) is 9.90 Å². The monoisotopic (exact) mass is 220 g/mol. The Morgan fingerprint density at radius 1 is 1.50 bits per heavy atom. The van der Waals surface area contributed by atoms with Crippen molar-refractivity contribution in [2.24, 2.45) is 0 Å². The summed E-state index contributed by atoms with van der Waals surface area (Å²) in [5, 5.41) is 9.22. The molecule has 0 aliphatic rings. The predicted molar refractivity (Wildman–Crippen MR) is 63.1 cm³/mol. The number of rotatable bonds is 4. The van der Waals surface area contributed by atoms with Gasteiger partial charge in [-0.15, -0.1) is 0 Å². The van der Waals surface area contributed by atoms with Crippen LogP contribution in [-0.2, 0) is 9.53 Å². The van der Waals surface area contributed by atoms with Gasteiger partial charge in [-0.3, -0.25) is 4.79 Å². The Balaban J connectivity index is 2.59. The summed E-state index contributed by atoms with van der Waals surface area (Å²) in [5.74, 6) is 0.0234. The molecule has 16 heavy (non-hydrogen) atoms. The molecule has 0 aliphatic heterocycles. The molecular formula is C13H16O3. The van der Waals surface area contributed by atoms with Crippen molar-refractivity contribution < 1.29 is 14.6 Å². The van der Waals surface area contributed by atoms with Crippen molar-refractivity contribution in [2.75, 3.05) is 6.61 Å². The van der Waals surface area contributed by atoms with Gasteiger partial charge < -0.3 is 9.84 Å². The summed E-state index contributed by atoms with van der Waals surface area (Å²) in [6.07, 6.45) is 3.89. The van der Waals surface area contributed by atoms with Crippen LogP contribution >= 0.6 is 0 Å². The van der Waals surface area contributed by atoms with Crippen molar-refractivity contribution in [1.29, 1.82) is 0 Å². The summed E-state index contributed by atoms with van der Waals surface area (Å²) >= 11 is 0. The van der Waals surface area contributed by atoms with Gasteiger partial charge in [-0.2, -0.15) is 0 Å². The fraction of sp³-hybridized carbons (Fsp3) is 0.308. The quantitative estimate of drug-likeness (QED) is 0.793. The van der Waals surface area contributed by atoms with Crippen LogP contribution in [0.2, 0.25) is 0 Å². The normalized spacial score (nSPS) is 10.6. The summed E-state index contributed by atoms with van der Waals surface area (Å²) in [4.78, 5) is 11.1. The van der Waals surface area contributed by atoms with E-state index in [1.807, 2.05) is 19.1 Å². The third-order valence-electron chi connectivity index (χ3n) is 2.14. The Morgan fingerprint density at radius 3 is 2.88 bits per heavy atom. The van der Waals surface area contributed by atoms with E-state index in [1.165, 1.54) is 0 Å². The molecule has 0 fully saturated rings. The number of carbonyl (C=O) groups excluding carboxylic acids is 1. The molecule has 0 heterocycles. The molecule has 0 saturated heterocycles. The molecular weight excluding hydrogens is 204 g/mol. The third-order valence-corrected chi connectivity index (χ3v) is 2.14. The molecule has 0 atom stereocenters. The molecule has 3 heteroatoms. The second kappa shape index (κ2) is 5.95. The molecule has 0 amide bonds. The lowest BCUT2D eigenvalue weighted by molar-refractivity contribution is -0.142. The molecule has 0 spiro atoms. The van der Waals surface area contributed by atoms with Crippen LogP contribution in [0, 0.1) is 6.92 Å². The van der Waals surface area contributed by atoms with Crippen LogP contribution in [0.1, 0.15) is 24.5 Å². The largest absolute Gasteiger partial charge is 0.508 e. The number of hydrogen-bond donors (Lipinski definition) is 1. The van der Waals surface area contributed by atoms with E-state index in [4.69, 9.17) is 4.74 Å². The van der Waals surface area contributed by atoms with Crippen LogP contribution in [0.5, 0.6) is 5.75 Å². The molecule has 0 saturated carbocycles. The molecule has 0 aromatic heterocycles. The number of phenols is 1. The predicted octanol–water partition coefficient (Wildman–Crippen LogP) is 2.67. The van der Waals surface area contributed by atoms with Crippen LogP contribution in [-0.4, -0.2) is 17.7 Å². The van der Waals surface area contributed by atoms with Crippen molar-refractivity contribution >= 4 is 12.0 Å². The maximum Gasteiger partial charge on any atom is 0.309 e. The first-order valence-electron chi connectivity index (χ1n) is 5.25. The Morgan fingerprint density at radius 2 is 2.25 bits per heavy atom. The SMILES string of the molecule is CCOC(=O)CC=Cc1ccc(O)cc1C. The van der Waals surface area contributed by atoms with E-state index in [1.54, 1.807) is 25.1 Å². The van der Waals surface area contributed by atoms with Crippen molar-refractivity contribution in [3.63, 3.8) is 0 Å². The highest BCUT2D eigenvalue weighted by Gasteiger charge is 1.98. The average molecular weight is 220 g/mol. The zero-order chi connectivity index (χ0) is 12.0. The van der Waals surface area contributed by atoms with E-state index in [0.29, 0.717) is 6.61 Å². The maximum atomic E-state index is 11.1. The molecule has 0 bridgehead atoms. The van der Waals surface area contributed by atoms with Gasteiger partial charge in [-0.05, 0) is 37.1 Å². The Labute approximate surface area is 95.4 Å². The summed E-state index contributed by atoms with van der Waals surface area (Å²) in [7, 11) is 0. The Kier molecular flexibility index (Phi) is 4.58. The van der Waals surface area contributed by atoms with Crippen molar-refractivity contribution in [2.45, 2.75) is 20.3 Å². The van der Waals surface area contributed by atoms with Crippen LogP contribution in [0.15, 0.2) is 24.3 Å². The highest BCUT2D eigenvalue weighted by atomic mass is 16.5. The molecule has 1 aromatic carbocycles. The van der Waals surface area contributed by atoms with Crippen LogP contribution in [0.4, 0.5) is 0 Å². The number of benzene rings is 1. The zero-order valence-electron chi connectivity index (χ0n) is 9.56. The van der Waals surface area contributed by atoms with Gasteiger partial charge in [0.05, 0.1) is 13.0 Å². The van der Waals surface area contributed by atoms with Gasteiger partial charge in [0.2, 0.25) is 0 Å². The number of aromatic hydroxyl groups is 1. The smallest absolute Gasteiger partial charge is 0.309 e. The number of aryl methyl sites for hydroxylation is 1. The molecule has 1 aromatic rings. The molecule has 0 unspecified atom stereocenters. The van der Waals surface area contributed by atoms with Crippen LogP contribution in [0.25, 0.3) is 6.08 Å². The minimum absolute atomic E-state index is 0.227. The number of esters is 1. The highest BCUT2D eigenvalue weighted by Crippen LogP contribution is 2.16. The minimum atomic E-state index is -0.227. The summed E-state index contributed by atoms with van der Waals surface area (Å²) < 4.78 is 4.80. The number of hydrogen-bond acceptors (Lipinski definition) is 3. The van der Waals surface area contributed by atoms with Gasteiger partial charge in [0.25, 0.3) is 0 Å². The second-order valence-corrected chi connectivity index (χ2v) is 3.45. The van der Waals surface area contributed by atoms with E-state index >= 15 is 0 Å². The van der Waals surface area contributed by atoms with E-state index < -0.39 is 0 Å². The zero-order valence-corrected chi connectivity index (χ0v) is 9.56. The van der Waals surface area contributed by atoms with Crippen LogP contribution < -0.4 is 0 Å². The first-order valence-corrected chi connectivity index (χ1v) is 5.25. The Bertz CT molecular complexity index is 394. The second-order valence-electron chi connectivity index (χ2n) is 3.45. The van der Waals surface area contributed by atoms with Gasteiger partial charge in [0.1, 0.15) is 5.75 Å². The molecule has 0 radical (unpaired) electrons. The topological polar surface area (TPSA) is 46.5 Å². The van der Waals surface area contributed by atoms with E-state index in [-0.39, 0.29) is 18.1 Å². The van der Waals surface area contributed by atoms with Crippen molar-refractivity contribution in [1.82, 2.24) is 0 Å². The molecule has 0 aliphatic carbocycles. The molecule has 3 nitrogen and oxygen atoms in total. The lowest BCUT2D eigenvalue weighted by Gasteiger charge is -2.01. The number of ether oxygens (including phenoxy) is 1.